The molecule has 1 atom stereocenters. The van der Waals surface area contributed by atoms with Gasteiger partial charge in [-0.2, -0.15) is 15.3 Å². The summed E-state index contributed by atoms with van der Waals surface area (Å²) in [5.74, 6) is -0.0933. The van der Waals surface area contributed by atoms with Gasteiger partial charge < -0.3 is 15.1 Å². The van der Waals surface area contributed by atoms with Gasteiger partial charge in [-0.1, -0.05) is 12.8 Å². The van der Waals surface area contributed by atoms with Crippen LogP contribution >= 0.6 is 0 Å². The number of likely N-dealkylation sites (N-methyl/N-ethyl adjacent to an activating group) is 1. The van der Waals surface area contributed by atoms with Gasteiger partial charge in [0.2, 0.25) is 11.9 Å². The second-order valence-corrected chi connectivity index (χ2v) is 9.32. The number of nitrogens with one attached hydrogen (secondary N) is 1. The average molecular weight is 443 g/mol. The first kappa shape index (κ1) is 20.1. The molecule has 1 amide bonds. The van der Waals surface area contributed by atoms with Crippen molar-refractivity contribution >= 4 is 28.6 Å². The highest BCUT2D eigenvalue weighted by molar-refractivity contribution is 6.06. The molecule has 1 unspecified atom stereocenters. The molecular weight excluding hydrogens is 416 g/mol. The van der Waals surface area contributed by atoms with Crippen LogP contribution in [0.2, 0.25) is 0 Å². The molecule has 1 saturated heterocycles. The Morgan fingerprint density at radius 3 is 2.67 bits per heavy atom. The lowest BCUT2D eigenvalue weighted by atomic mass is 9.94. The molecule has 9 nitrogen and oxygen atoms in total. The number of piperazine rings is 1. The fraction of sp³-hybridized carbons (Fsp3) is 0.458. The van der Waals surface area contributed by atoms with Crippen molar-refractivity contribution in [3.05, 3.63) is 41.2 Å². The van der Waals surface area contributed by atoms with Crippen LogP contribution in [-0.4, -0.2) is 63.8 Å². The molecule has 6 rings (SSSR count). The number of rotatable bonds is 3. The van der Waals surface area contributed by atoms with Gasteiger partial charge in [0.1, 0.15) is 5.92 Å². The molecule has 2 fully saturated rings. The van der Waals surface area contributed by atoms with E-state index in [2.05, 4.69) is 28.2 Å². The second kappa shape index (κ2) is 7.81. The van der Waals surface area contributed by atoms with Gasteiger partial charge in [-0.3, -0.25) is 9.48 Å². The zero-order valence-corrected chi connectivity index (χ0v) is 18.7. The standard InChI is InChI=1S/C24H26N8O/c1-30-8-10-31(11-9-30)24-27-21(18-14-32(29-22(18)28-24)16-4-2-3-5-16)20-17-12-15(13-25)6-7-19(17)26-23(20)33/h6-7,12,14,16,20H,2-5,8-11H2,1H3,(H,26,33). The molecule has 3 aliphatic rings. The maximum atomic E-state index is 13.2. The summed E-state index contributed by atoms with van der Waals surface area (Å²) in [4.78, 5) is 27.4. The summed E-state index contributed by atoms with van der Waals surface area (Å²) in [6.07, 6.45) is 6.66. The van der Waals surface area contributed by atoms with Crippen LogP contribution in [0, 0.1) is 11.3 Å². The molecule has 3 aromatic rings. The zero-order valence-electron chi connectivity index (χ0n) is 18.7. The number of benzene rings is 1. The number of carbonyl (C=O) groups excluding carboxylic acids is 1. The molecule has 1 saturated carbocycles. The Morgan fingerprint density at radius 2 is 1.91 bits per heavy atom. The van der Waals surface area contributed by atoms with Gasteiger partial charge in [-0.15, -0.1) is 0 Å². The van der Waals surface area contributed by atoms with Crippen molar-refractivity contribution < 1.29 is 4.79 Å². The predicted octanol–water partition coefficient (Wildman–Crippen LogP) is 2.65. The zero-order chi connectivity index (χ0) is 22.5. The minimum absolute atomic E-state index is 0.127. The summed E-state index contributed by atoms with van der Waals surface area (Å²) < 4.78 is 2.03. The average Bonchev–Trinajstić information content (AvgIpc) is 3.56. The Labute approximate surface area is 192 Å². The number of fused-ring (bicyclic) bond motifs is 2. The Hall–Kier alpha value is -3.51. The lowest BCUT2D eigenvalue weighted by molar-refractivity contribution is -0.116. The molecular formula is C24H26N8O. The van der Waals surface area contributed by atoms with E-state index in [1.807, 2.05) is 10.9 Å². The van der Waals surface area contributed by atoms with E-state index in [0.717, 1.165) is 55.7 Å². The van der Waals surface area contributed by atoms with Crippen LogP contribution < -0.4 is 10.2 Å². The van der Waals surface area contributed by atoms with Crippen molar-refractivity contribution in [1.29, 1.82) is 5.26 Å². The lowest BCUT2D eigenvalue weighted by Gasteiger charge is -2.32. The van der Waals surface area contributed by atoms with Gasteiger partial charge in [-0.25, -0.2) is 4.98 Å². The van der Waals surface area contributed by atoms with Crippen molar-refractivity contribution in [2.24, 2.45) is 0 Å². The summed E-state index contributed by atoms with van der Waals surface area (Å²) in [6, 6.07) is 7.88. The molecule has 0 radical (unpaired) electrons. The number of hydrogen-bond acceptors (Lipinski definition) is 7. The molecule has 0 bridgehead atoms. The number of amides is 1. The normalized spacial score (nSPS) is 21.4. The van der Waals surface area contributed by atoms with Gasteiger partial charge >= 0.3 is 0 Å². The third-order valence-corrected chi connectivity index (χ3v) is 7.18. The fourth-order valence-corrected chi connectivity index (χ4v) is 5.26. The van der Waals surface area contributed by atoms with Gasteiger partial charge in [-0.05, 0) is 43.7 Å². The summed E-state index contributed by atoms with van der Waals surface area (Å²) in [5, 5.41) is 18.1. The highest BCUT2D eigenvalue weighted by Gasteiger charge is 2.36. The van der Waals surface area contributed by atoms with E-state index in [4.69, 9.17) is 15.1 Å². The maximum absolute atomic E-state index is 13.2. The van der Waals surface area contributed by atoms with Crippen LogP contribution in [-0.2, 0) is 4.79 Å². The molecule has 168 valence electrons. The quantitative estimate of drug-likeness (QED) is 0.665. The van der Waals surface area contributed by atoms with Crippen LogP contribution in [0.5, 0.6) is 0 Å². The van der Waals surface area contributed by atoms with Crippen LogP contribution in [0.3, 0.4) is 0 Å². The molecule has 2 aliphatic heterocycles. The Kier molecular flexibility index (Phi) is 4.76. The minimum Gasteiger partial charge on any atom is -0.338 e. The van der Waals surface area contributed by atoms with Crippen molar-refractivity contribution in [1.82, 2.24) is 24.6 Å². The number of hydrogen-bond donors (Lipinski definition) is 1. The first-order valence-corrected chi connectivity index (χ1v) is 11.7. The van der Waals surface area contributed by atoms with Crippen LogP contribution in [0.25, 0.3) is 11.0 Å². The molecule has 9 heteroatoms. The predicted molar refractivity (Wildman–Crippen MR) is 124 cm³/mol. The van der Waals surface area contributed by atoms with Crippen molar-refractivity contribution in [2.45, 2.75) is 37.6 Å². The number of aromatic nitrogens is 4. The van der Waals surface area contributed by atoms with E-state index in [0.29, 0.717) is 28.9 Å². The highest BCUT2D eigenvalue weighted by atomic mass is 16.2. The SMILES string of the molecule is CN1CCN(c2nc(C3C(=O)Nc4ccc(C#N)cc43)c3cn(C4CCCC4)nc3n2)CC1. The first-order chi connectivity index (χ1) is 16.1. The highest BCUT2D eigenvalue weighted by Crippen LogP contribution is 2.40. The van der Waals surface area contributed by atoms with Crippen LogP contribution in [0.1, 0.15) is 54.5 Å². The molecule has 1 N–H and O–H groups in total. The molecule has 1 aromatic carbocycles. The summed E-state index contributed by atoms with van der Waals surface area (Å²) in [5.41, 5.74) is 3.36. The first-order valence-electron chi connectivity index (χ1n) is 11.7. The van der Waals surface area contributed by atoms with Crippen LogP contribution in [0.4, 0.5) is 11.6 Å². The second-order valence-electron chi connectivity index (χ2n) is 9.32. The summed E-state index contributed by atoms with van der Waals surface area (Å²) in [6.45, 7) is 3.53. The molecule has 33 heavy (non-hydrogen) atoms. The number of carbonyl (C=O) groups is 1. The summed E-state index contributed by atoms with van der Waals surface area (Å²) in [7, 11) is 2.11. The Morgan fingerprint density at radius 1 is 1.12 bits per heavy atom. The largest absolute Gasteiger partial charge is 0.338 e. The van der Waals surface area contributed by atoms with E-state index >= 15 is 0 Å². The van der Waals surface area contributed by atoms with Gasteiger partial charge in [0.15, 0.2) is 5.65 Å². The maximum Gasteiger partial charge on any atom is 0.238 e. The monoisotopic (exact) mass is 442 g/mol. The number of nitrogens with zero attached hydrogens (tertiary/aromatic N) is 7. The Bertz CT molecular complexity index is 1280. The van der Waals surface area contributed by atoms with E-state index in [1.54, 1.807) is 18.2 Å². The van der Waals surface area contributed by atoms with Crippen molar-refractivity contribution in [2.75, 3.05) is 43.4 Å². The number of nitriles is 1. The van der Waals surface area contributed by atoms with Gasteiger partial charge in [0.25, 0.3) is 0 Å². The third kappa shape index (κ3) is 3.42. The summed E-state index contributed by atoms with van der Waals surface area (Å²) >= 11 is 0. The smallest absolute Gasteiger partial charge is 0.238 e. The molecule has 1 aliphatic carbocycles. The Balaban J connectivity index is 1.51. The van der Waals surface area contributed by atoms with E-state index in [9.17, 15) is 10.1 Å². The van der Waals surface area contributed by atoms with E-state index in [-0.39, 0.29) is 5.91 Å². The molecule has 2 aromatic heterocycles. The third-order valence-electron chi connectivity index (χ3n) is 7.18. The fourth-order valence-electron chi connectivity index (χ4n) is 5.26. The van der Waals surface area contributed by atoms with Gasteiger partial charge in [0, 0.05) is 38.1 Å². The van der Waals surface area contributed by atoms with Crippen molar-refractivity contribution in [3.8, 4) is 6.07 Å². The van der Waals surface area contributed by atoms with E-state index < -0.39 is 5.92 Å². The molecule has 0 spiro atoms. The lowest BCUT2D eigenvalue weighted by Crippen LogP contribution is -2.45. The van der Waals surface area contributed by atoms with Crippen LogP contribution in [0.15, 0.2) is 24.4 Å². The van der Waals surface area contributed by atoms with Gasteiger partial charge in [0.05, 0.1) is 28.8 Å². The van der Waals surface area contributed by atoms with Crippen molar-refractivity contribution in [3.63, 3.8) is 0 Å². The number of anilines is 2. The minimum atomic E-state index is -0.591. The topological polar surface area (TPSA) is 103 Å². The van der Waals surface area contributed by atoms with E-state index in [1.165, 1.54) is 12.8 Å². The molecule has 4 heterocycles.